The first-order valence-electron chi connectivity index (χ1n) is 8.29. The number of nitrogens with zero attached hydrogens (tertiary/aromatic N) is 2. The summed E-state index contributed by atoms with van der Waals surface area (Å²) in [7, 11) is 0. The van der Waals surface area contributed by atoms with E-state index in [1.807, 2.05) is 6.92 Å². The molecule has 0 spiro atoms. The van der Waals surface area contributed by atoms with E-state index in [1.165, 1.54) is 12.8 Å². The van der Waals surface area contributed by atoms with E-state index in [0.717, 1.165) is 43.2 Å². The molecule has 1 aliphatic heterocycles. The molecule has 122 valence electrons. The Morgan fingerprint density at radius 2 is 2.18 bits per heavy atom. The molecule has 1 amide bonds. The van der Waals surface area contributed by atoms with E-state index in [4.69, 9.17) is 5.73 Å². The fourth-order valence-electron chi connectivity index (χ4n) is 3.23. The number of likely N-dealkylation sites (tertiary alicyclic amines) is 1. The zero-order valence-corrected chi connectivity index (χ0v) is 14.1. The lowest BCUT2D eigenvalue weighted by atomic mass is 9.95. The highest BCUT2D eigenvalue weighted by Crippen LogP contribution is 2.32. The largest absolute Gasteiger partial charge is 0.352 e. The molecule has 0 radical (unpaired) electrons. The lowest BCUT2D eigenvalue weighted by molar-refractivity contribution is -0.127. The van der Waals surface area contributed by atoms with Gasteiger partial charge in [0.05, 0.1) is 10.7 Å². The van der Waals surface area contributed by atoms with Crippen LogP contribution in [0.2, 0.25) is 0 Å². The SMILES string of the molecule is Cc1nc(CN2CCC(C(=O)NC(CN)C3CC3)CC2)cs1. The predicted octanol–water partition coefficient (Wildman–Crippen LogP) is 1.52. The van der Waals surface area contributed by atoms with Gasteiger partial charge in [0.2, 0.25) is 5.91 Å². The molecule has 6 heteroatoms. The Hall–Kier alpha value is -0.980. The molecule has 1 aromatic rings. The highest BCUT2D eigenvalue weighted by Gasteiger charge is 2.33. The zero-order valence-electron chi connectivity index (χ0n) is 13.3. The van der Waals surface area contributed by atoms with Crippen LogP contribution >= 0.6 is 11.3 Å². The van der Waals surface area contributed by atoms with Crippen LogP contribution in [0, 0.1) is 18.8 Å². The number of aryl methyl sites for hydroxylation is 1. The summed E-state index contributed by atoms with van der Waals surface area (Å²) >= 11 is 1.70. The van der Waals surface area contributed by atoms with E-state index in [0.29, 0.717) is 12.5 Å². The van der Waals surface area contributed by atoms with Gasteiger partial charge in [-0.15, -0.1) is 11.3 Å². The summed E-state index contributed by atoms with van der Waals surface area (Å²) in [5.74, 6) is 0.995. The van der Waals surface area contributed by atoms with Gasteiger partial charge in [-0.05, 0) is 51.6 Å². The first kappa shape index (κ1) is 15.9. The third-order valence-electron chi connectivity index (χ3n) is 4.78. The van der Waals surface area contributed by atoms with Crippen molar-refractivity contribution in [3.8, 4) is 0 Å². The highest BCUT2D eigenvalue weighted by molar-refractivity contribution is 7.09. The van der Waals surface area contributed by atoms with Crippen LogP contribution in [0.15, 0.2) is 5.38 Å². The van der Waals surface area contributed by atoms with Gasteiger partial charge >= 0.3 is 0 Å². The average molecular weight is 322 g/mol. The quantitative estimate of drug-likeness (QED) is 0.833. The highest BCUT2D eigenvalue weighted by atomic mass is 32.1. The third kappa shape index (κ3) is 4.06. The van der Waals surface area contributed by atoms with Crippen LogP contribution in [-0.2, 0) is 11.3 Å². The molecule has 3 rings (SSSR count). The molecule has 1 aliphatic carbocycles. The Morgan fingerprint density at radius 1 is 1.45 bits per heavy atom. The molecule has 0 aromatic carbocycles. The van der Waals surface area contributed by atoms with Crippen LogP contribution in [0.4, 0.5) is 0 Å². The average Bonchev–Trinajstić information content (AvgIpc) is 3.28. The van der Waals surface area contributed by atoms with Crippen molar-refractivity contribution >= 4 is 17.2 Å². The molecule has 1 saturated carbocycles. The van der Waals surface area contributed by atoms with Crippen LogP contribution in [0.1, 0.15) is 36.4 Å². The summed E-state index contributed by atoms with van der Waals surface area (Å²) in [5.41, 5.74) is 6.93. The van der Waals surface area contributed by atoms with Crippen LogP contribution in [0.3, 0.4) is 0 Å². The van der Waals surface area contributed by atoms with Gasteiger partial charge < -0.3 is 11.1 Å². The van der Waals surface area contributed by atoms with E-state index < -0.39 is 0 Å². The molecule has 2 heterocycles. The molecular weight excluding hydrogens is 296 g/mol. The number of carbonyl (C=O) groups excluding carboxylic acids is 1. The fourth-order valence-corrected chi connectivity index (χ4v) is 3.84. The maximum absolute atomic E-state index is 12.4. The van der Waals surface area contributed by atoms with Crippen molar-refractivity contribution in [2.24, 2.45) is 17.6 Å². The number of aromatic nitrogens is 1. The predicted molar refractivity (Wildman–Crippen MR) is 88.6 cm³/mol. The van der Waals surface area contributed by atoms with Crippen molar-refractivity contribution in [1.29, 1.82) is 0 Å². The molecule has 2 aliphatic rings. The van der Waals surface area contributed by atoms with Crippen molar-refractivity contribution < 1.29 is 4.79 Å². The number of thiazole rings is 1. The molecule has 1 aromatic heterocycles. The Labute approximate surface area is 136 Å². The van der Waals surface area contributed by atoms with Gasteiger partial charge in [-0.3, -0.25) is 9.69 Å². The van der Waals surface area contributed by atoms with Gasteiger partial charge in [-0.1, -0.05) is 0 Å². The van der Waals surface area contributed by atoms with Gasteiger partial charge in [0.25, 0.3) is 0 Å². The van der Waals surface area contributed by atoms with Crippen molar-refractivity contribution in [3.63, 3.8) is 0 Å². The van der Waals surface area contributed by atoms with E-state index in [2.05, 4.69) is 20.6 Å². The molecule has 5 nitrogen and oxygen atoms in total. The lowest BCUT2D eigenvalue weighted by Gasteiger charge is -2.31. The maximum atomic E-state index is 12.4. The van der Waals surface area contributed by atoms with E-state index in [1.54, 1.807) is 11.3 Å². The number of nitrogens with two attached hydrogens (primary N) is 1. The number of piperidine rings is 1. The Balaban J connectivity index is 1.43. The second-order valence-corrected chi connectivity index (χ2v) is 7.66. The van der Waals surface area contributed by atoms with Gasteiger partial charge in [0, 0.05) is 30.4 Å². The van der Waals surface area contributed by atoms with Crippen LogP contribution in [0.5, 0.6) is 0 Å². The Morgan fingerprint density at radius 3 is 2.73 bits per heavy atom. The summed E-state index contributed by atoms with van der Waals surface area (Å²) in [6.07, 6.45) is 4.31. The second kappa shape index (κ2) is 7.06. The number of amides is 1. The minimum atomic E-state index is 0.154. The van der Waals surface area contributed by atoms with Gasteiger partial charge in [-0.2, -0.15) is 0 Å². The molecule has 3 N–H and O–H groups in total. The first-order chi connectivity index (χ1) is 10.7. The first-order valence-corrected chi connectivity index (χ1v) is 9.17. The summed E-state index contributed by atoms with van der Waals surface area (Å²) in [5, 5.41) is 6.43. The van der Waals surface area contributed by atoms with E-state index >= 15 is 0 Å². The van der Waals surface area contributed by atoms with E-state index in [9.17, 15) is 4.79 Å². The lowest BCUT2D eigenvalue weighted by Crippen LogP contribution is -2.47. The minimum Gasteiger partial charge on any atom is -0.352 e. The smallest absolute Gasteiger partial charge is 0.223 e. The molecule has 2 fully saturated rings. The van der Waals surface area contributed by atoms with E-state index in [-0.39, 0.29) is 17.9 Å². The minimum absolute atomic E-state index is 0.154. The normalized spacial score (nSPS) is 21.7. The third-order valence-corrected chi connectivity index (χ3v) is 5.61. The molecule has 1 saturated heterocycles. The second-order valence-electron chi connectivity index (χ2n) is 6.60. The summed E-state index contributed by atoms with van der Waals surface area (Å²) < 4.78 is 0. The monoisotopic (exact) mass is 322 g/mol. The molecule has 0 bridgehead atoms. The van der Waals surface area contributed by atoms with Crippen molar-refractivity contribution in [3.05, 3.63) is 16.1 Å². The van der Waals surface area contributed by atoms with Crippen LogP contribution in [-0.4, -0.2) is 41.5 Å². The molecule has 1 atom stereocenters. The summed E-state index contributed by atoms with van der Waals surface area (Å²) in [6, 6.07) is 0.198. The van der Waals surface area contributed by atoms with Crippen molar-refractivity contribution in [2.75, 3.05) is 19.6 Å². The molecule has 22 heavy (non-hydrogen) atoms. The summed E-state index contributed by atoms with van der Waals surface area (Å²) in [6.45, 7) is 5.47. The number of nitrogens with one attached hydrogen (secondary N) is 1. The molecule has 1 unspecified atom stereocenters. The maximum Gasteiger partial charge on any atom is 0.223 e. The van der Waals surface area contributed by atoms with Gasteiger partial charge in [0.1, 0.15) is 0 Å². The van der Waals surface area contributed by atoms with Crippen LogP contribution < -0.4 is 11.1 Å². The zero-order chi connectivity index (χ0) is 15.5. The van der Waals surface area contributed by atoms with Gasteiger partial charge in [0.15, 0.2) is 0 Å². The topological polar surface area (TPSA) is 71.2 Å². The van der Waals surface area contributed by atoms with Crippen LogP contribution in [0.25, 0.3) is 0 Å². The number of hydrogen-bond donors (Lipinski definition) is 2. The Kier molecular flexibility index (Phi) is 5.10. The fraction of sp³-hybridized carbons (Fsp3) is 0.750. The number of hydrogen-bond acceptors (Lipinski definition) is 5. The van der Waals surface area contributed by atoms with Crippen molar-refractivity contribution in [2.45, 2.75) is 45.2 Å². The molecular formula is C16H26N4OS. The number of carbonyl (C=O) groups is 1. The summed E-state index contributed by atoms with van der Waals surface area (Å²) in [4.78, 5) is 19.3. The number of rotatable bonds is 6. The standard InChI is InChI=1S/C16H26N4OS/c1-11-18-14(10-22-11)9-20-6-4-13(5-7-20)16(21)19-15(8-17)12-2-3-12/h10,12-13,15H,2-9,17H2,1H3,(H,19,21). The Bertz CT molecular complexity index is 506. The van der Waals surface area contributed by atoms with Crippen molar-refractivity contribution in [1.82, 2.24) is 15.2 Å². The van der Waals surface area contributed by atoms with Gasteiger partial charge in [-0.25, -0.2) is 4.98 Å².